The van der Waals surface area contributed by atoms with Gasteiger partial charge in [-0.3, -0.25) is 4.79 Å². The van der Waals surface area contributed by atoms with Crippen molar-refractivity contribution in [3.63, 3.8) is 0 Å². The minimum atomic E-state index is 0. The molecule has 1 aliphatic rings. The number of hydrogen-bond acceptors (Lipinski definition) is 2. The molecule has 4 heteroatoms. The van der Waals surface area contributed by atoms with Gasteiger partial charge in [-0.1, -0.05) is 45.0 Å². The van der Waals surface area contributed by atoms with Crippen LogP contribution in [0.15, 0.2) is 24.3 Å². The van der Waals surface area contributed by atoms with E-state index in [1.54, 1.807) is 0 Å². The average Bonchev–Trinajstić information content (AvgIpc) is 2.92. The molecule has 1 heterocycles. The first kappa shape index (κ1) is 18.0. The lowest BCUT2D eigenvalue weighted by Crippen LogP contribution is -2.33. The highest BCUT2D eigenvalue weighted by Gasteiger charge is 2.21. The summed E-state index contributed by atoms with van der Waals surface area (Å²) in [7, 11) is 0. The summed E-state index contributed by atoms with van der Waals surface area (Å²) in [6, 6.07) is 8.73. The zero-order valence-electron chi connectivity index (χ0n) is 13.2. The zero-order chi connectivity index (χ0) is 14.6. The van der Waals surface area contributed by atoms with Crippen molar-refractivity contribution in [3.05, 3.63) is 35.4 Å². The molecule has 0 aromatic heterocycles. The van der Waals surface area contributed by atoms with Crippen molar-refractivity contribution in [1.82, 2.24) is 10.6 Å². The third-order valence-corrected chi connectivity index (χ3v) is 3.96. The van der Waals surface area contributed by atoms with Crippen LogP contribution in [0.2, 0.25) is 0 Å². The van der Waals surface area contributed by atoms with E-state index < -0.39 is 0 Å². The monoisotopic (exact) mass is 310 g/mol. The predicted octanol–water partition coefficient (Wildman–Crippen LogP) is 2.67. The van der Waals surface area contributed by atoms with Gasteiger partial charge in [0.1, 0.15) is 0 Å². The van der Waals surface area contributed by atoms with Gasteiger partial charge in [0, 0.05) is 13.1 Å². The second kappa shape index (κ2) is 7.81. The van der Waals surface area contributed by atoms with Crippen LogP contribution < -0.4 is 10.6 Å². The van der Waals surface area contributed by atoms with Gasteiger partial charge in [-0.25, -0.2) is 0 Å². The number of rotatable bonds is 4. The Labute approximate surface area is 134 Å². The Bertz CT molecular complexity index is 445. The molecule has 0 radical (unpaired) electrons. The summed E-state index contributed by atoms with van der Waals surface area (Å²) in [5, 5.41) is 6.26. The first-order valence-corrected chi connectivity index (χ1v) is 7.54. The Hall–Kier alpha value is -1.06. The Morgan fingerprint density at radius 1 is 1.29 bits per heavy atom. The summed E-state index contributed by atoms with van der Waals surface area (Å²) in [5.41, 5.74) is 2.83. The topological polar surface area (TPSA) is 41.1 Å². The molecule has 21 heavy (non-hydrogen) atoms. The highest BCUT2D eigenvalue weighted by atomic mass is 35.5. The van der Waals surface area contributed by atoms with Crippen molar-refractivity contribution >= 4 is 18.3 Å². The molecule has 1 atom stereocenters. The molecule has 1 aromatic carbocycles. The van der Waals surface area contributed by atoms with Crippen molar-refractivity contribution in [2.75, 3.05) is 19.6 Å². The lowest BCUT2D eigenvalue weighted by atomic mass is 9.86. The van der Waals surface area contributed by atoms with Crippen LogP contribution in [0.4, 0.5) is 0 Å². The zero-order valence-corrected chi connectivity index (χ0v) is 14.1. The van der Waals surface area contributed by atoms with E-state index in [0.717, 1.165) is 32.5 Å². The Kier molecular flexibility index (Phi) is 6.69. The van der Waals surface area contributed by atoms with Gasteiger partial charge in [0.25, 0.3) is 0 Å². The fraction of sp³-hybridized carbons (Fsp3) is 0.588. The minimum absolute atomic E-state index is 0. The molecule has 1 saturated heterocycles. The second-order valence-corrected chi connectivity index (χ2v) is 6.68. The Morgan fingerprint density at radius 2 is 1.95 bits per heavy atom. The number of hydrogen-bond donors (Lipinski definition) is 2. The van der Waals surface area contributed by atoms with Crippen molar-refractivity contribution in [3.8, 4) is 0 Å². The van der Waals surface area contributed by atoms with Crippen LogP contribution in [0.25, 0.3) is 0 Å². The van der Waals surface area contributed by atoms with Gasteiger partial charge in [-0.15, -0.1) is 12.4 Å². The normalized spacial score (nSPS) is 18.1. The van der Waals surface area contributed by atoms with E-state index in [0.29, 0.717) is 0 Å². The van der Waals surface area contributed by atoms with Gasteiger partial charge in [0.2, 0.25) is 5.91 Å². The summed E-state index contributed by atoms with van der Waals surface area (Å²) in [5.74, 6) is 0.361. The lowest BCUT2D eigenvalue weighted by Gasteiger charge is -2.19. The fourth-order valence-corrected chi connectivity index (χ4v) is 2.52. The van der Waals surface area contributed by atoms with Gasteiger partial charge in [-0.2, -0.15) is 0 Å². The number of carbonyl (C=O) groups is 1. The standard InChI is InChI=1S/C17H26N2O.ClH/c1-17(2,3)15-6-4-13(5-7-15)8-11-19-16(20)14-9-10-18-12-14;/h4-7,14,18H,8-12H2,1-3H3,(H,19,20);1H. The van der Waals surface area contributed by atoms with Crippen LogP contribution in [-0.2, 0) is 16.6 Å². The number of nitrogens with one attached hydrogen (secondary N) is 2. The van der Waals surface area contributed by atoms with Gasteiger partial charge >= 0.3 is 0 Å². The smallest absolute Gasteiger partial charge is 0.224 e. The summed E-state index contributed by atoms with van der Waals surface area (Å²) in [4.78, 5) is 11.9. The Balaban J connectivity index is 0.00000220. The van der Waals surface area contributed by atoms with E-state index in [1.807, 2.05) is 0 Å². The largest absolute Gasteiger partial charge is 0.355 e. The minimum Gasteiger partial charge on any atom is -0.355 e. The summed E-state index contributed by atoms with van der Waals surface area (Å²) >= 11 is 0. The number of amides is 1. The maximum absolute atomic E-state index is 11.9. The molecule has 118 valence electrons. The highest BCUT2D eigenvalue weighted by Crippen LogP contribution is 2.22. The van der Waals surface area contributed by atoms with Crippen molar-refractivity contribution in [1.29, 1.82) is 0 Å². The average molecular weight is 311 g/mol. The molecule has 0 spiro atoms. The number of carbonyl (C=O) groups excluding carboxylic acids is 1. The molecule has 2 rings (SSSR count). The fourth-order valence-electron chi connectivity index (χ4n) is 2.52. The van der Waals surface area contributed by atoms with Gasteiger partial charge in [-0.05, 0) is 35.9 Å². The summed E-state index contributed by atoms with van der Waals surface area (Å²) in [6.45, 7) is 9.18. The third kappa shape index (κ3) is 5.33. The molecule has 3 nitrogen and oxygen atoms in total. The van der Waals surface area contributed by atoms with Crippen LogP contribution in [-0.4, -0.2) is 25.5 Å². The van der Waals surface area contributed by atoms with Crippen molar-refractivity contribution < 1.29 is 4.79 Å². The molecule has 0 saturated carbocycles. The molecule has 0 aliphatic carbocycles. The lowest BCUT2D eigenvalue weighted by molar-refractivity contribution is -0.124. The molecule has 1 aromatic rings. The molecular formula is C17H27ClN2O. The maximum Gasteiger partial charge on any atom is 0.224 e. The van der Waals surface area contributed by atoms with Crippen LogP contribution >= 0.6 is 12.4 Å². The quantitative estimate of drug-likeness (QED) is 0.898. The molecule has 1 unspecified atom stereocenters. The van der Waals surface area contributed by atoms with Gasteiger partial charge in [0.15, 0.2) is 0 Å². The molecule has 1 aliphatic heterocycles. The molecule has 1 amide bonds. The van der Waals surface area contributed by atoms with Crippen LogP contribution in [0.1, 0.15) is 38.3 Å². The molecule has 1 fully saturated rings. The second-order valence-electron chi connectivity index (χ2n) is 6.68. The summed E-state index contributed by atoms with van der Waals surface area (Å²) < 4.78 is 0. The van der Waals surface area contributed by atoms with Crippen LogP contribution in [0.5, 0.6) is 0 Å². The van der Waals surface area contributed by atoms with E-state index in [-0.39, 0.29) is 29.6 Å². The summed E-state index contributed by atoms with van der Waals surface area (Å²) in [6.07, 6.45) is 1.86. The SMILES string of the molecule is CC(C)(C)c1ccc(CCNC(=O)C2CCNC2)cc1.Cl. The van der Waals surface area contributed by atoms with E-state index in [2.05, 4.69) is 55.7 Å². The molecular weight excluding hydrogens is 284 g/mol. The predicted molar refractivity (Wildman–Crippen MR) is 90.1 cm³/mol. The van der Waals surface area contributed by atoms with Crippen molar-refractivity contribution in [2.24, 2.45) is 5.92 Å². The Morgan fingerprint density at radius 3 is 2.48 bits per heavy atom. The first-order chi connectivity index (χ1) is 9.47. The van der Waals surface area contributed by atoms with Gasteiger partial charge < -0.3 is 10.6 Å². The first-order valence-electron chi connectivity index (χ1n) is 7.54. The molecule has 2 N–H and O–H groups in total. The van der Waals surface area contributed by atoms with Crippen LogP contribution in [0.3, 0.4) is 0 Å². The third-order valence-electron chi connectivity index (χ3n) is 3.96. The maximum atomic E-state index is 11.9. The number of benzene rings is 1. The van der Waals surface area contributed by atoms with E-state index >= 15 is 0 Å². The van der Waals surface area contributed by atoms with E-state index in [9.17, 15) is 4.79 Å². The van der Waals surface area contributed by atoms with Crippen molar-refractivity contribution in [2.45, 2.75) is 39.0 Å². The number of halogens is 1. The van der Waals surface area contributed by atoms with E-state index in [4.69, 9.17) is 0 Å². The van der Waals surface area contributed by atoms with Crippen LogP contribution in [0, 0.1) is 5.92 Å². The highest BCUT2D eigenvalue weighted by molar-refractivity contribution is 5.85. The van der Waals surface area contributed by atoms with E-state index in [1.165, 1.54) is 11.1 Å². The van der Waals surface area contributed by atoms with Gasteiger partial charge in [0.05, 0.1) is 5.92 Å². The molecule has 0 bridgehead atoms.